The van der Waals surface area contributed by atoms with Crippen molar-refractivity contribution in [1.29, 1.82) is 0 Å². The lowest BCUT2D eigenvalue weighted by molar-refractivity contribution is -0.132. The smallest absolute Gasteiger partial charge is 0.228 e. The fourth-order valence-electron chi connectivity index (χ4n) is 3.08. The molecule has 6 heteroatoms. The van der Waals surface area contributed by atoms with Gasteiger partial charge in [0.2, 0.25) is 5.91 Å². The van der Waals surface area contributed by atoms with Gasteiger partial charge in [0, 0.05) is 24.5 Å². The molecule has 1 saturated heterocycles. The number of likely N-dealkylation sites (tertiary alicyclic amines) is 1. The molecule has 22 heavy (non-hydrogen) atoms. The SMILES string of the molecule is CC(N)C1CCCN(C(=O)Cc2[nH]nc3ccccc23)C1.Cl. The van der Waals surface area contributed by atoms with Crippen LogP contribution in [0.2, 0.25) is 0 Å². The lowest BCUT2D eigenvalue weighted by Crippen LogP contribution is -2.45. The Balaban J connectivity index is 0.00000176. The number of fused-ring (bicyclic) bond motifs is 1. The summed E-state index contributed by atoms with van der Waals surface area (Å²) in [5.74, 6) is 0.580. The zero-order valence-corrected chi connectivity index (χ0v) is 13.6. The van der Waals surface area contributed by atoms with E-state index in [1.807, 2.05) is 36.1 Å². The second-order valence-corrected chi connectivity index (χ2v) is 6.00. The molecule has 0 aliphatic carbocycles. The molecule has 1 aliphatic rings. The zero-order chi connectivity index (χ0) is 14.8. The van der Waals surface area contributed by atoms with Crippen molar-refractivity contribution < 1.29 is 4.79 Å². The Morgan fingerprint density at radius 1 is 1.50 bits per heavy atom. The van der Waals surface area contributed by atoms with Crippen LogP contribution in [0.5, 0.6) is 0 Å². The average Bonchev–Trinajstić information content (AvgIpc) is 2.91. The molecule has 5 nitrogen and oxygen atoms in total. The van der Waals surface area contributed by atoms with Gasteiger partial charge >= 0.3 is 0 Å². The number of hydrogen-bond donors (Lipinski definition) is 2. The molecule has 1 amide bonds. The number of aromatic nitrogens is 2. The Labute approximate surface area is 136 Å². The van der Waals surface area contributed by atoms with Gasteiger partial charge in [-0.2, -0.15) is 5.10 Å². The van der Waals surface area contributed by atoms with Gasteiger partial charge in [-0.25, -0.2) is 0 Å². The number of carbonyl (C=O) groups is 1. The van der Waals surface area contributed by atoms with Gasteiger partial charge in [-0.15, -0.1) is 12.4 Å². The van der Waals surface area contributed by atoms with Gasteiger partial charge in [-0.1, -0.05) is 18.2 Å². The lowest BCUT2D eigenvalue weighted by atomic mass is 9.92. The van der Waals surface area contributed by atoms with E-state index in [0.29, 0.717) is 12.3 Å². The summed E-state index contributed by atoms with van der Waals surface area (Å²) < 4.78 is 0. The van der Waals surface area contributed by atoms with Gasteiger partial charge in [0.25, 0.3) is 0 Å². The predicted molar refractivity (Wildman–Crippen MR) is 90.0 cm³/mol. The molecule has 2 unspecified atom stereocenters. The van der Waals surface area contributed by atoms with Crippen molar-refractivity contribution in [2.24, 2.45) is 11.7 Å². The molecule has 1 aromatic heterocycles. The van der Waals surface area contributed by atoms with Crippen LogP contribution in [0, 0.1) is 5.92 Å². The molecule has 0 saturated carbocycles. The first kappa shape index (κ1) is 16.8. The maximum Gasteiger partial charge on any atom is 0.228 e. The minimum atomic E-state index is 0. The number of H-pyrrole nitrogens is 1. The Morgan fingerprint density at radius 2 is 2.27 bits per heavy atom. The third kappa shape index (κ3) is 3.42. The predicted octanol–water partition coefficient (Wildman–Crippen LogP) is 2.11. The summed E-state index contributed by atoms with van der Waals surface area (Å²) in [7, 11) is 0. The van der Waals surface area contributed by atoms with Crippen LogP contribution >= 0.6 is 12.4 Å². The minimum Gasteiger partial charge on any atom is -0.342 e. The monoisotopic (exact) mass is 322 g/mol. The maximum absolute atomic E-state index is 12.5. The maximum atomic E-state index is 12.5. The van der Waals surface area contributed by atoms with Gasteiger partial charge in [-0.05, 0) is 31.7 Å². The normalized spacial score (nSPS) is 19.7. The number of para-hydroxylation sites is 1. The standard InChI is InChI=1S/C16H22N4O.ClH/c1-11(17)12-5-4-8-20(10-12)16(21)9-15-13-6-2-3-7-14(13)18-19-15;/h2-3,6-7,11-12H,4-5,8-10,17H2,1H3,(H,18,19);1H. The van der Waals surface area contributed by atoms with E-state index in [9.17, 15) is 4.79 Å². The molecule has 2 aromatic rings. The first-order valence-electron chi connectivity index (χ1n) is 7.60. The fraction of sp³-hybridized carbons (Fsp3) is 0.500. The van der Waals surface area contributed by atoms with Crippen molar-refractivity contribution in [3.63, 3.8) is 0 Å². The van der Waals surface area contributed by atoms with Gasteiger partial charge in [0.1, 0.15) is 0 Å². The number of halogens is 1. The average molecular weight is 323 g/mol. The molecule has 1 aliphatic heterocycles. The highest BCUT2D eigenvalue weighted by Gasteiger charge is 2.26. The molecule has 3 rings (SSSR count). The van der Waals surface area contributed by atoms with Crippen LogP contribution in [-0.2, 0) is 11.2 Å². The van der Waals surface area contributed by atoms with Crippen molar-refractivity contribution in [2.45, 2.75) is 32.2 Å². The van der Waals surface area contributed by atoms with Crippen LogP contribution in [0.15, 0.2) is 24.3 Å². The number of piperidine rings is 1. The van der Waals surface area contributed by atoms with Crippen molar-refractivity contribution in [3.8, 4) is 0 Å². The summed E-state index contributed by atoms with van der Waals surface area (Å²) in [5.41, 5.74) is 7.80. The van der Waals surface area contributed by atoms with E-state index >= 15 is 0 Å². The van der Waals surface area contributed by atoms with E-state index in [0.717, 1.165) is 42.5 Å². The molecule has 0 radical (unpaired) electrons. The van der Waals surface area contributed by atoms with E-state index in [2.05, 4.69) is 10.2 Å². The number of nitrogens with two attached hydrogens (primary N) is 1. The highest BCUT2D eigenvalue weighted by molar-refractivity contribution is 5.87. The largest absolute Gasteiger partial charge is 0.342 e. The fourth-order valence-corrected chi connectivity index (χ4v) is 3.08. The van der Waals surface area contributed by atoms with Gasteiger partial charge < -0.3 is 10.6 Å². The van der Waals surface area contributed by atoms with Gasteiger partial charge in [0.15, 0.2) is 0 Å². The molecule has 2 atom stereocenters. The third-order valence-corrected chi connectivity index (χ3v) is 4.42. The first-order valence-corrected chi connectivity index (χ1v) is 7.60. The summed E-state index contributed by atoms with van der Waals surface area (Å²) in [6.45, 7) is 3.65. The number of aromatic amines is 1. The molecular formula is C16H23ClN4O. The molecule has 3 N–H and O–H groups in total. The molecule has 1 aromatic carbocycles. The van der Waals surface area contributed by atoms with Crippen LogP contribution in [0.4, 0.5) is 0 Å². The van der Waals surface area contributed by atoms with Crippen LogP contribution in [0.3, 0.4) is 0 Å². The number of hydrogen-bond acceptors (Lipinski definition) is 3. The quantitative estimate of drug-likeness (QED) is 0.908. The number of benzene rings is 1. The second-order valence-electron chi connectivity index (χ2n) is 6.00. The molecule has 0 bridgehead atoms. The molecule has 2 heterocycles. The van der Waals surface area contributed by atoms with Crippen molar-refractivity contribution in [2.75, 3.05) is 13.1 Å². The lowest BCUT2D eigenvalue weighted by Gasteiger charge is -2.34. The van der Waals surface area contributed by atoms with E-state index < -0.39 is 0 Å². The second kappa shape index (κ2) is 7.11. The highest BCUT2D eigenvalue weighted by Crippen LogP contribution is 2.21. The summed E-state index contributed by atoms with van der Waals surface area (Å²) in [4.78, 5) is 14.5. The van der Waals surface area contributed by atoms with Crippen LogP contribution in [0.25, 0.3) is 10.9 Å². The summed E-state index contributed by atoms with van der Waals surface area (Å²) in [6.07, 6.45) is 2.54. The van der Waals surface area contributed by atoms with E-state index in [4.69, 9.17) is 5.73 Å². The highest BCUT2D eigenvalue weighted by atomic mass is 35.5. The van der Waals surface area contributed by atoms with Crippen LogP contribution < -0.4 is 5.73 Å². The Hall–Kier alpha value is -1.59. The minimum absolute atomic E-state index is 0. The van der Waals surface area contributed by atoms with Crippen molar-refractivity contribution >= 4 is 29.2 Å². The first-order chi connectivity index (χ1) is 10.1. The summed E-state index contributed by atoms with van der Waals surface area (Å²) in [6, 6.07) is 8.02. The molecule has 1 fully saturated rings. The zero-order valence-electron chi connectivity index (χ0n) is 12.8. The van der Waals surface area contributed by atoms with E-state index in [1.165, 1.54) is 0 Å². The Morgan fingerprint density at radius 3 is 3.05 bits per heavy atom. The summed E-state index contributed by atoms with van der Waals surface area (Å²) in [5, 5.41) is 8.27. The number of carbonyl (C=O) groups excluding carboxylic acids is 1. The summed E-state index contributed by atoms with van der Waals surface area (Å²) >= 11 is 0. The van der Waals surface area contributed by atoms with Crippen LogP contribution in [-0.4, -0.2) is 40.1 Å². The van der Waals surface area contributed by atoms with Crippen molar-refractivity contribution in [1.82, 2.24) is 15.1 Å². The Kier molecular flexibility index (Phi) is 5.42. The van der Waals surface area contributed by atoms with Gasteiger partial charge in [0.05, 0.1) is 17.6 Å². The number of rotatable bonds is 3. The number of nitrogens with zero attached hydrogens (tertiary/aromatic N) is 2. The topological polar surface area (TPSA) is 75.0 Å². The van der Waals surface area contributed by atoms with E-state index in [-0.39, 0.29) is 24.4 Å². The van der Waals surface area contributed by atoms with Crippen molar-refractivity contribution in [3.05, 3.63) is 30.0 Å². The molecule has 0 spiro atoms. The van der Waals surface area contributed by atoms with Gasteiger partial charge in [-0.3, -0.25) is 9.89 Å². The Bertz CT molecular complexity index is 640. The van der Waals surface area contributed by atoms with E-state index in [1.54, 1.807) is 0 Å². The molecular weight excluding hydrogens is 300 g/mol. The number of nitrogens with one attached hydrogen (secondary N) is 1. The third-order valence-electron chi connectivity index (χ3n) is 4.42. The molecule has 120 valence electrons. The van der Waals surface area contributed by atoms with Crippen LogP contribution in [0.1, 0.15) is 25.5 Å². The number of amides is 1.